The van der Waals surface area contributed by atoms with Crippen LogP contribution in [0.15, 0.2) is 85.6 Å². The number of carbonyl (C=O) groups is 2. The molecule has 0 saturated carbocycles. The summed E-state index contributed by atoms with van der Waals surface area (Å²) < 4.78 is 6.84. The quantitative estimate of drug-likeness (QED) is 0.292. The number of carbonyl (C=O) groups excluding carboxylic acids is 1. The Morgan fingerprint density at radius 1 is 0.946 bits per heavy atom. The van der Waals surface area contributed by atoms with E-state index in [9.17, 15) is 14.7 Å². The Hall–Kier alpha value is -5.05. The van der Waals surface area contributed by atoms with Crippen LogP contribution in [-0.4, -0.2) is 43.2 Å². The highest BCUT2D eigenvalue weighted by Gasteiger charge is 2.17. The molecule has 0 spiro atoms. The van der Waals surface area contributed by atoms with Crippen molar-refractivity contribution in [2.24, 2.45) is 0 Å². The molecule has 4 heterocycles. The van der Waals surface area contributed by atoms with Gasteiger partial charge in [0.25, 0.3) is 0 Å². The number of nitrogens with one attached hydrogen (secondary N) is 1. The number of anilines is 1. The molecule has 0 unspecified atom stereocenters. The Morgan fingerprint density at radius 3 is 2.43 bits per heavy atom. The van der Waals surface area contributed by atoms with Crippen molar-refractivity contribution in [3.8, 4) is 22.4 Å². The van der Waals surface area contributed by atoms with E-state index in [-0.39, 0.29) is 12.2 Å². The van der Waals surface area contributed by atoms with Crippen LogP contribution < -0.4 is 5.32 Å². The topological polar surface area (TPSA) is 119 Å². The molecule has 0 atom stereocenters. The minimum absolute atomic E-state index is 0.0991. The Labute approximate surface area is 212 Å². The summed E-state index contributed by atoms with van der Waals surface area (Å²) in [6.07, 6.45) is 7.85. The number of hydrogen-bond donors (Lipinski definition) is 2. The number of carboxylic acids is 1. The van der Waals surface area contributed by atoms with Crippen LogP contribution in [0.2, 0.25) is 0 Å². The van der Waals surface area contributed by atoms with Gasteiger partial charge in [-0.3, -0.25) is 9.97 Å². The smallest absolute Gasteiger partial charge is 0.339 e. The monoisotopic (exact) mass is 493 g/mol. The highest BCUT2D eigenvalue weighted by atomic mass is 16.5. The molecule has 0 aliphatic heterocycles. The summed E-state index contributed by atoms with van der Waals surface area (Å²) in [5, 5.41) is 17.7. The molecule has 9 heteroatoms. The zero-order chi connectivity index (χ0) is 25.8. The summed E-state index contributed by atoms with van der Waals surface area (Å²) >= 11 is 0. The number of fused-ring (bicyclic) bond motifs is 1. The van der Waals surface area contributed by atoms with Gasteiger partial charge in [-0.1, -0.05) is 30.3 Å². The molecule has 4 aromatic heterocycles. The largest absolute Gasteiger partial charge is 0.478 e. The first-order valence-electron chi connectivity index (χ1n) is 11.6. The van der Waals surface area contributed by atoms with Crippen LogP contribution in [0.3, 0.4) is 0 Å². The van der Waals surface area contributed by atoms with E-state index in [0.717, 1.165) is 22.3 Å². The molecule has 2 N–H and O–H groups in total. The number of ether oxygens (including phenoxy) is 1. The van der Waals surface area contributed by atoms with E-state index >= 15 is 0 Å². The first-order valence-corrected chi connectivity index (χ1v) is 11.6. The normalized spacial score (nSPS) is 10.8. The Bertz CT molecular complexity index is 1600. The summed E-state index contributed by atoms with van der Waals surface area (Å²) in [5.74, 6) is -1.50. The summed E-state index contributed by atoms with van der Waals surface area (Å²) in [6.45, 7) is 2.57. The second kappa shape index (κ2) is 10.3. The molecule has 0 amide bonds. The van der Waals surface area contributed by atoms with Crippen molar-refractivity contribution < 1.29 is 19.4 Å². The van der Waals surface area contributed by atoms with Crippen molar-refractivity contribution in [3.05, 3.63) is 102 Å². The fraction of sp³-hybridized carbons (Fsp3) is 0.107. The summed E-state index contributed by atoms with van der Waals surface area (Å²) in [6, 6.07) is 17.0. The lowest BCUT2D eigenvalue weighted by atomic mass is 10.1. The van der Waals surface area contributed by atoms with Crippen molar-refractivity contribution in [2.75, 3.05) is 11.9 Å². The van der Waals surface area contributed by atoms with E-state index in [1.165, 1.54) is 12.4 Å². The molecular weight excluding hydrogens is 470 g/mol. The number of esters is 1. The number of pyridine rings is 2. The second-order valence-corrected chi connectivity index (χ2v) is 8.26. The zero-order valence-electron chi connectivity index (χ0n) is 20.0. The zero-order valence-corrected chi connectivity index (χ0v) is 20.0. The summed E-state index contributed by atoms with van der Waals surface area (Å²) in [7, 11) is 0. The number of benzene rings is 1. The highest BCUT2D eigenvalue weighted by molar-refractivity contribution is 5.95. The van der Waals surface area contributed by atoms with Gasteiger partial charge >= 0.3 is 11.9 Å². The van der Waals surface area contributed by atoms with Gasteiger partial charge in [0.15, 0.2) is 0 Å². The summed E-state index contributed by atoms with van der Waals surface area (Å²) in [4.78, 5) is 32.1. The van der Waals surface area contributed by atoms with E-state index in [2.05, 4.69) is 15.3 Å². The first kappa shape index (κ1) is 23.7. The minimum atomic E-state index is -1.05. The van der Waals surface area contributed by atoms with Gasteiger partial charge in [0.2, 0.25) is 0 Å². The third-order valence-electron chi connectivity index (χ3n) is 5.79. The molecule has 1 aromatic carbocycles. The number of hydrogen-bond acceptors (Lipinski definition) is 7. The van der Waals surface area contributed by atoms with Crippen LogP contribution in [0, 0.1) is 0 Å². The van der Waals surface area contributed by atoms with Crippen molar-refractivity contribution >= 4 is 23.1 Å². The van der Waals surface area contributed by atoms with Crippen LogP contribution in [-0.2, 0) is 11.3 Å². The fourth-order valence-electron chi connectivity index (χ4n) is 4.04. The van der Waals surface area contributed by atoms with Gasteiger partial charge in [0.05, 0.1) is 34.6 Å². The van der Waals surface area contributed by atoms with Gasteiger partial charge in [0, 0.05) is 54.2 Å². The SMILES string of the molecule is CCOC(=O)c1cncc(-c2cc(NCc3ccccc3)c3c(-c4cncc(C(=O)O)c4)ccn3n2)c1. The van der Waals surface area contributed by atoms with E-state index in [1.54, 1.807) is 42.2 Å². The van der Waals surface area contributed by atoms with Crippen molar-refractivity contribution in [1.29, 1.82) is 0 Å². The van der Waals surface area contributed by atoms with Gasteiger partial charge in [0.1, 0.15) is 0 Å². The lowest BCUT2D eigenvalue weighted by molar-refractivity contribution is 0.0525. The van der Waals surface area contributed by atoms with E-state index in [0.29, 0.717) is 28.9 Å². The maximum absolute atomic E-state index is 12.3. The van der Waals surface area contributed by atoms with Crippen LogP contribution in [0.25, 0.3) is 27.9 Å². The maximum atomic E-state index is 12.3. The number of nitrogens with zero attached hydrogens (tertiary/aromatic N) is 4. The molecule has 0 radical (unpaired) electrons. The van der Waals surface area contributed by atoms with Gasteiger partial charge in [-0.15, -0.1) is 0 Å². The van der Waals surface area contributed by atoms with Crippen LogP contribution >= 0.6 is 0 Å². The van der Waals surface area contributed by atoms with Crippen LogP contribution in [0.1, 0.15) is 33.2 Å². The molecule has 0 fully saturated rings. The van der Waals surface area contributed by atoms with E-state index in [1.807, 2.05) is 42.5 Å². The van der Waals surface area contributed by atoms with Gasteiger partial charge in [-0.2, -0.15) is 5.10 Å². The van der Waals surface area contributed by atoms with Gasteiger partial charge < -0.3 is 15.2 Å². The predicted octanol–water partition coefficient (Wildman–Crippen LogP) is 4.95. The third-order valence-corrected chi connectivity index (χ3v) is 5.79. The number of aromatic carboxylic acids is 1. The predicted molar refractivity (Wildman–Crippen MR) is 138 cm³/mol. The standard InChI is InChI=1S/C28H23N5O4/c1-2-37-28(36)22-11-20(15-30-17-22)24-12-25(31-13-18-6-4-3-5-7-18)26-23(8-9-33(26)32-24)19-10-21(27(34)35)16-29-14-19/h3-12,14-17,31H,2,13H2,1H3,(H,34,35). The second-order valence-electron chi connectivity index (χ2n) is 8.26. The number of carboxylic acid groups (broad SMARTS) is 1. The summed E-state index contributed by atoms with van der Waals surface area (Å²) in [5.41, 5.74) is 5.75. The van der Waals surface area contributed by atoms with Crippen molar-refractivity contribution in [1.82, 2.24) is 19.6 Å². The van der Waals surface area contributed by atoms with Crippen LogP contribution in [0.4, 0.5) is 5.69 Å². The third kappa shape index (κ3) is 5.01. The molecule has 184 valence electrons. The Balaban J connectivity index is 1.63. The fourth-order valence-corrected chi connectivity index (χ4v) is 4.04. The molecule has 37 heavy (non-hydrogen) atoms. The van der Waals surface area contributed by atoms with Gasteiger partial charge in [-0.25, -0.2) is 14.1 Å². The van der Waals surface area contributed by atoms with Crippen molar-refractivity contribution in [2.45, 2.75) is 13.5 Å². The molecule has 0 aliphatic carbocycles. The van der Waals surface area contributed by atoms with Gasteiger partial charge in [-0.05, 0) is 36.8 Å². The maximum Gasteiger partial charge on any atom is 0.339 e. The average Bonchev–Trinajstić information content (AvgIpc) is 3.37. The lowest BCUT2D eigenvalue weighted by Crippen LogP contribution is -2.06. The van der Waals surface area contributed by atoms with E-state index in [4.69, 9.17) is 9.84 Å². The molecule has 5 aromatic rings. The minimum Gasteiger partial charge on any atom is -0.478 e. The first-order chi connectivity index (χ1) is 18.0. The molecule has 0 aliphatic rings. The number of aromatic nitrogens is 4. The Morgan fingerprint density at radius 2 is 1.68 bits per heavy atom. The molecule has 5 rings (SSSR count). The molecule has 0 saturated heterocycles. The Kier molecular flexibility index (Phi) is 6.58. The molecule has 9 nitrogen and oxygen atoms in total. The number of rotatable bonds is 8. The van der Waals surface area contributed by atoms with Crippen LogP contribution in [0.5, 0.6) is 0 Å². The average molecular weight is 494 g/mol. The molecule has 0 bridgehead atoms. The van der Waals surface area contributed by atoms with E-state index < -0.39 is 11.9 Å². The highest BCUT2D eigenvalue weighted by Crippen LogP contribution is 2.33. The lowest BCUT2D eigenvalue weighted by Gasteiger charge is -2.13. The molecular formula is C28H23N5O4. The van der Waals surface area contributed by atoms with Crippen molar-refractivity contribution in [3.63, 3.8) is 0 Å².